The van der Waals surface area contributed by atoms with Gasteiger partial charge in [0.15, 0.2) is 0 Å². The number of carbonyl (C=O) groups excluding carboxylic acids is 1. The number of aromatic nitrogens is 5. The summed E-state index contributed by atoms with van der Waals surface area (Å²) in [4.78, 5) is 35.5. The van der Waals surface area contributed by atoms with E-state index in [0.29, 0.717) is 5.69 Å². The van der Waals surface area contributed by atoms with Crippen LogP contribution in [0.15, 0.2) is 22.0 Å². The van der Waals surface area contributed by atoms with Gasteiger partial charge in [0.2, 0.25) is 0 Å². The van der Waals surface area contributed by atoms with Gasteiger partial charge in [-0.25, -0.2) is 9.48 Å². The van der Waals surface area contributed by atoms with Gasteiger partial charge >= 0.3 is 11.7 Å². The maximum atomic E-state index is 11.6. The van der Waals surface area contributed by atoms with Crippen molar-refractivity contribution in [1.29, 1.82) is 0 Å². The van der Waals surface area contributed by atoms with E-state index in [9.17, 15) is 14.4 Å². The fourth-order valence-corrected chi connectivity index (χ4v) is 1.82. The molecular formula is C12H14ClN5O5. The highest BCUT2D eigenvalue weighted by Crippen LogP contribution is 2.00. The quantitative estimate of drug-likeness (QED) is 0.524. The van der Waals surface area contributed by atoms with E-state index in [-0.39, 0.29) is 37.5 Å². The molecule has 2 aromatic rings. The molecule has 0 radical (unpaired) electrons. The first-order chi connectivity index (χ1) is 11.0. The summed E-state index contributed by atoms with van der Waals surface area (Å²) in [6.07, 6.45) is 2.81. The van der Waals surface area contributed by atoms with E-state index in [4.69, 9.17) is 21.1 Å². The molecule has 0 aliphatic rings. The molecule has 11 heteroatoms. The van der Waals surface area contributed by atoms with Gasteiger partial charge in [-0.15, -0.1) is 5.10 Å². The Morgan fingerprint density at radius 3 is 2.87 bits per heavy atom. The lowest BCUT2D eigenvalue weighted by molar-refractivity contribution is -0.142. The molecule has 0 atom stereocenters. The molecule has 0 spiro atoms. The minimum Gasteiger partial charge on any atom is -0.463 e. The fourth-order valence-electron chi connectivity index (χ4n) is 1.65. The molecule has 0 amide bonds. The lowest BCUT2D eigenvalue weighted by Gasteiger charge is -2.04. The van der Waals surface area contributed by atoms with Crippen molar-refractivity contribution in [2.45, 2.75) is 20.2 Å². The van der Waals surface area contributed by atoms with Crippen LogP contribution in [0.2, 0.25) is 5.02 Å². The number of hydrogen-bond acceptors (Lipinski definition) is 7. The number of halogens is 1. The Bertz CT molecular complexity index is 796. The second kappa shape index (κ2) is 7.70. The number of carbonyl (C=O) groups is 1. The van der Waals surface area contributed by atoms with Crippen molar-refractivity contribution in [2.24, 2.45) is 0 Å². The van der Waals surface area contributed by atoms with Crippen molar-refractivity contribution in [1.82, 2.24) is 24.5 Å². The second-order valence-electron chi connectivity index (χ2n) is 4.49. The molecule has 0 saturated heterocycles. The second-order valence-corrected chi connectivity index (χ2v) is 4.90. The molecule has 23 heavy (non-hydrogen) atoms. The van der Waals surface area contributed by atoms with E-state index in [1.54, 1.807) is 6.20 Å². The van der Waals surface area contributed by atoms with Crippen molar-refractivity contribution in [3.8, 4) is 0 Å². The van der Waals surface area contributed by atoms with Crippen LogP contribution in [0.1, 0.15) is 12.6 Å². The van der Waals surface area contributed by atoms with Crippen LogP contribution in [-0.2, 0) is 27.5 Å². The maximum Gasteiger partial charge on any atom is 0.328 e. The number of ether oxygens (including phenoxy) is 2. The van der Waals surface area contributed by atoms with E-state index >= 15 is 0 Å². The molecule has 2 heterocycles. The Morgan fingerprint density at radius 1 is 1.35 bits per heavy atom. The zero-order valence-electron chi connectivity index (χ0n) is 12.2. The van der Waals surface area contributed by atoms with E-state index in [0.717, 1.165) is 0 Å². The third-order valence-corrected chi connectivity index (χ3v) is 2.91. The Morgan fingerprint density at radius 2 is 2.13 bits per heavy atom. The van der Waals surface area contributed by atoms with Crippen molar-refractivity contribution < 1.29 is 14.3 Å². The Balaban J connectivity index is 1.90. The lowest BCUT2D eigenvalue weighted by atomic mass is 10.4. The molecule has 2 rings (SSSR count). The maximum absolute atomic E-state index is 11.6. The van der Waals surface area contributed by atoms with E-state index in [1.807, 2.05) is 0 Å². The predicted octanol–water partition coefficient (Wildman–Crippen LogP) is -0.633. The number of esters is 1. The summed E-state index contributed by atoms with van der Waals surface area (Å²) >= 11 is 5.68. The molecule has 2 aromatic heterocycles. The van der Waals surface area contributed by atoms with Gasteiger partial charge < -0.3 is 9.47 Å². The monoisotopic (exact) mass is 343 g/mol. The SMILES string of the molecule is CC(=O)OCCOCn1cc(Cn2cc(Cl)c(=O)[nH]c2=O)nn1. The van der Waals surface area contributed by atoms with Crippen LogP contribution in [0.4, 0.5) is 0 Å². The van der Waals surface area contributed by atoms with Gasteiger partial charge in [0.25, 0.3) is 5.56 Å². The van der Waals surface area contributed by atoms with E-state index < -0.39 is 11.2 Å². The highest BCUT2D eigenvalue weighted by molar-refractivity contribution is 6.30. The molecule has 0 bridgehead atoms. The molecule has 0 unspecified atom stereocenters. The number of rotatable bonds is 7. The molecule has 0 saturated carbocycles. The molecule has 0 aliphatic heterocycles. The number of aromatic amines is 1. The summed E-state index contributed by atoms with van der Waals surface area (Å²) < 4.78 is 12.6. The number of nitrogens with one attached hydrogen (secondary N) is 1. The number of H-pyrrole nitrogens is 1. The van der Waals surface area contributed by atoms with Gasteiger partial charge in [0, 0.05) is 13.1 Å². The molecule has 0 aliphatic carbocycles. The van der Waals surface area contributed by atoms with Crippen LogP contribution < -0.4 is 11.2 Å². The number of hydrogen-bond donors (Lipinski definition) is 1. The normalized spacial score (nSPS) is 10.7. The third-order valence-electron chi connectivity index (χ3n) is 2.64. The highest BCUT2D eigenvalue weighted by atomic mass is 35.5. The average Bonchev–Trinajstić information content (AvgIpc) is 2.91. The molecule has 10 nitrogen and oxygen atoms in total. The first-order valence-electron chi connectivity index (χ1n) is 6.55. The summed E-state index contributed by atoms with van der Waals surface area (Å²) in [5, 5.41) is 7.62. The molecule has 1 N–H and O–H groups in total. The van der Waals surface area contributed by atoms with Crippen molar-refractivity contribution in [2.75, 3.05) is 13.2 Å². The van der Waals surface area contributed by atoms with Gasteiger partial charge in [-0.2, -0.15) is 0 Å². The summed E-state index contributed by atoms with van der Waals surface area (Å²) in [6.45, 7) is 1.92. The summed E-state index contributed by atoms with van der Waals surface area (Å²) in [5.74, 6) is -0.373. The van der Waals surface area contributed by atoms with Crippen LogP contribution in [0.5, 0.6) is 0 Å². The van der Waals surface area contributed by atoms with E-state index in [1.165, 1.54) is 22.4 Å². The smallest absolute Gasteiger partial charge is 0.328 e. The standard InChI is InChI=1S/C12H14ClN5O5/c1-8(19)23-3-2-22-7-18-5-9(15-16-18)4-17-6-10(13)11(20)14-12(17)21/h5-6H,2-4,7H2,1H3,(H,14,20,21). The van der Waals surface area contributed by atoms with Gasteiger partial charge in [-0.1, -0.05) is 16.8 Å². The van der Waals surface area contributed by atoms with Gasteiger partial charge in [-0.05, 0) is 0 Å². The fraction of sp³-hybridized carbons (Fsp3) is 0.417. The first-order valence-corrected chi connectivity index (χ1v) is 6.93. The summed E-state index contributed by atoms with van der Waals surface area (Å²) in [7, 11) is 0. The van der Waals surface area contributed by atoms with Gasteiger partial charge in [-0.3, -0.25) is 19.1 Å². The minimum atomic E-state index is -0.641. The zero-order valence-corrected chi connectivity index (χ0v) is 12.9. The largest absolute Gasteiger partial charge is 0.463 e. The summed E-state index contributed by atoms with van der Waals surface area (Å²) in [6, 6.07) is 0. The third kappa shape index (κ3) is 5.04. The lowest BCUT2D eigenvalue weighted by Crippen LogP contribution is -2.30. The molecule has 124 valence electrons. The zero-order chi connectivity index (χ0) is 16.8. The Hall–Kier alpha value is -2.46. The topological polar surface area (TPSA) is 121 Å². The van der Waals surface area contributed by atoms with Crippen molar-refractivity contribution in [3.05, 3.63) is 43.9 Å². The Labute approximate surface area is 134 Å². The van der Waals surface area contributed by atoms with Crippen LogP contribution in [0.3, 0.4) is 0 Å². The van der Waals surface area contributed by atoms with Crippen LogP contribution in [0.25, 0.3) is 0 Å². The van der Waals surface area contributed by atoms with Crippen molar-refractivity contribution in [3.63, 3.8) is 0 Å². The highest BCUT2D eigenvalue weighted by Gasteiger charge is 2.06. The predicted molar refractivity (Wildman–Crippen MR) is 78.0 cm³/mol. The van der Waals surface area contributed by atoms with Crippen molar-refractivity contribution >= 4 is 17.6 Å². The van der Waals surface area contributed by atoms with Crippen LogP contribution in [-0.4, -0.2) is 43.7 Å². The van der Waals surface area contributed by atoms with Gasteiger partial charge in [0.1, 0.15) is 24.1 Å². The molecular weight excluding hydrogens is 330 g/mol. The first kappa shape index (κ1) is 16.9. The van der Waals surface area contributed by atoms with Gasteiger partial charge in [0.05, 0.1) is 19.3 Å². The summed E-state index contributed by atoms with van der Waals surface area (Å²) in [5.41, 5.74) is -0.747. The Kier molecular flexibility index (Phi) is 5.66. The average molecular weight is 344 g/mol. The van der Waals surface area contributed by atoms with E-state index in [2.05, 4.69) is 15.3 Å². The van der Waals surface area contributed by atoms with Crippen LogP contribution in [0, 0.1) is 0 Å². The molecule has 0 fully saturated rings. The minimum absolute atomic E-state index is 0.0919. The number of nitrogens with zero attached hydrogens (tertiary/aromatic N) is 4. The van der Waals surface area contributed by atoms with Crippen LogP contribution >= 0.6 is 11.6 Å². The molecule has 0 aromatic carbocycles.